The van der Waals surface area contributed by atoms with E-state index in [0.29, 0.717) is 0 Å². The lowest BCUT2D eigenvalue weighted by atomic mass is 10.1. The van der Waals surface area contributed by atoms with Crippen LogP contribution in [0.4, 0.5) is 5.69 Å². The number of anilines is 1. The highest BCUT2D eigenvalue weighted by molar-refractivity contribution is 9.12. The molecule has 1 atom stereocenters. The molecule has 1 aromatic carbocycles. The molecule has 0 aliphatic carbocycles. The van der Waals surface area contributed by atoms with E-state index in [1.165, 1.54) is 16.9 Å². The van der Waals surface area contributed by atoms with Crippen LogP contribution in [0.5, 0.6) is 0 Å². The minimum atomic E-state index is 0.0614. The molecule has 1 unspecified atom stereocenters. The number of carbonyl (C=O) groups excluding carboxylic acids is 1. The number of nitrogens with zero attached hydrogens (tertiary/aromatic N) is 1. The minimum Gasteiger partial charge on any atom is -0.305 e. The molecule has 1 amide bonds. The second-order valence-corrected chi connectivity index (χ2v) is 8.34. The Bertz CT molecular complexity index is 653. The molecule has 2 nitrogen and oxygen atoms in total. The van der Waals surface area contributed by atoms with E-state index in [1.54, 1.807) is 0 Å². The Labute approximate surface area is 132 Å². The van der Waals surface area contributed by atoms with Crippen LogP contribution in [0.15, 0.2) is 37.9 Å². The average molecular weight is 401 g/mol. The fourth-order valence-electron chi connectivity index (χ4n) is 2.49. The number of carbonyl (C=O) groups is 1. The zero-order valence-electron chi connectivity index (χ0n) is 10.2. The van der Waals surface area contributed by atoms with Gasteiger partial charge in [0, 0.05) is 11.7 Å². The molecule has 0 N–H and O–H groups in total. The molecule has 2 heterocycles. The Morgan fingerprint density at radius 3 is 2.79 bits per heavy atom. The molecule has 1 aliphatic heterocycles. The van der Waals surface area contributed by atoms with E-state index in [-0.39, 0.29) is 11.9 Å². The van der Waals surface area contributed by atoms with Gasteiger partial charge in [0.2, 0.25) is 0 Å². The maximum atomic E-state index is 12.7. The van der Waals surface area contributed by atoms with Crippen LogP contribution in [0.2, 0.25) is 0 Å². The first-order valence-corrected chi connectivity index (χ1v) is 8.34. The van der Waals surface area contributed by atoms with Crippen LogP contribution in [0.1, 0.15) is 22.8 Å². The van der Waals surface area contributed by atoms with Crippen LogP contribution in [0.3, 0.4) is 0 Å². The van der Waals surface area contributed by atoms with Crippen LogP contribution in [0, 0.1) is 0 Å². The fourth-order valence-corrected chi connectivity index (χ4v) is 5.27. The first-order chi connectivity index (χ1) is 9.08. The third-order valence-electron chi connectivity index (χ3n) is 3.31. The number of hydrogen-bond acceptors (Lipinski definition) is 2. The van der Waals surface area contributed by atoms with E-state index in [4.69, 9.17) is 0 Å². The largest absolute Gasteiger partial charge is 0.305 e. The van der Waals surface area contributed by atoms with Crippen molar-refractivity contribution in [2.24, 2.45) is 0 Å². The van der Waals surface area contributed by atoms with Gasteiger partial charge in [-0.25, -0.2) is 0 Å². The van der Waals surface area contributed by atoms with Gasteiger partial charge in [-0.05, 0) is 62.9 Å². The summed E-state index contributed by atoms with van der Waals surface area (Å²) in [7, 11) is 0. The topological polar surface area (TPSA) is 20.3 Å². The van der Waals surface area contributed by atoms with Crippen LogP contribution in [-0.2, 0) is 6.42 Å². The van der Waals surface area contributed by atoms with Crippen LogP contribution >= 0.6 is 43.2 Å². The summed E-state index contributed by atoms with van der Waals surface area (Å²) >= 11 is 8.41. The molecule has 0 radical (unpaired) electrons. The number of hydrogen-bond donors (Lipinski definition) is 0. The van der Waals surface area contributed by atoms with Gasteiger partial charge in [0.1, 0.15) is 0 Å². The predicted molar refractivity (Wildman–Crippen MR) is 86.1 cm³/mol. The quantitative estimate of drug-likeness (QED) is 0.668. The van der Waals surface area contributed by atoms with Crippen molar-refractivity contribution in [3.8, 4) is 0 Å². The molecular weight excluding hydrogens is 390 g/mol. The van der Waals surface area contributed by atoms with E-state index in [2.05, 4.69) is 44.8 Å². The smallest absolute Gasteiger partial charge is 0.260 e. The van der Waals surface area contributed by atoms with Gasteiger partial charge in [-0.15, -0.1) is 11.3 Å². The maximum Gasteiger partial charge on any atom is 0.260 e. The third kappa shape index (κ3) is 2.28. The minimum absolute atomic E-state index is 0.0614. The predicted octanol–water partition coefficient (Wildman–Crippen LogP) is 4.86. The number of fused-ring (bicyclic) bond motifs is 1. The van der Waals surface area contributed by atoms with Crippen molar-refractivity contribution in [3.05, 3.63) is 49.0 Å². The first kappa shape index (κ1) is 13.3. The summed E-state index contributed by atoms with van der Waals surface area (Å²) in [5, 5.41) is 0. The van der Waals surface area contributed by atoms with Gasteiger partial charge in [0.15, 0.2) is 0 Å². The number of thiophene rings is 1. The second kappa shape index (κ2) is 5.04. The Balaban J connectivity index is 2.03. The molecule has 1 aromatic heterocycles. The van der Waals surface area contributed by atoms with E-state index in [0.717, 1.165) is 25.2 Å². The summed E-state index contributed by atoms with van der Waals surface area (Å²) in [5.74, 6) is 0.0614. The van der Waals surface area contributed by atoms with Crippen molar-refractivity contribution < 1.29 is 4.79 Å². The Kier molecular flexibility index (Phi) is 3.53. The Hall–Kier alpha value is -0.650. The molecule has 0 saturated heterocycles. The summed E-state index contributed by atoms with van der Waals surface area (Å²) in [6.45, 7) is 2.09. The average Bonchev–Trinajstić information content (AvgIpc) is 2.87. The van der Waals surface area contributed by atoms with Crippen molar-refractivity contribution in [2.45, 2.75) is 19.4 Å². The molecule has 0 bridgehead atoms. The number of benzene rings is 1. The van der Waals surface area contributed by atoms with E-state index >= 15 is 0 Å². The molecule has 3 rings (SSSR count). The van der Waals surface area contributed by atoms with Crippen LogP contribution in [0.25, 0.3) is 0 Å². The molecule has 0 fully saturated rings. The van der Waals surface area contributed by atoms with Gasteiger partial charge in [-0.2, -0.15) is 0 Å². The summed E-state index contributed by atoms with van der Waals surface area (Å²) in [4.78, 5) is 14.6. The van der Waals surface area contributed by atoms with Crippen LogP contribution < -0.4 is 4.90 Å². The summed E-state index contributed by atoms with van der Waals surface area (Å²) in [5.41, 5.74) is 3.00. The zero-order valence-corrected chi connectivity index (χ0v) is 14.2. The van der Waals surface area contributed by atoms with Crippen molar-refractivity contribution in [2.75, 3.05) is 4.90 Å². The van der Waals surface area contributed by atoms with Crippen LogP contribution in [-0.4, -0.2) is 11.9 Å². The fraction of sp³-hybridized carbons (Fsp3) is 0.214. The van der Waals surface area contributed by atoms with Gasteiger partial charge in [0.25, 0.3) is 5.91 Å². The van der Waals surface area contributed by atoms with E-state index in [9.17, 15) is 4.79 Å². The Morgan fingerprint density at radius 1 is 1.37 bits per heavy atom. The molecule has 2 aromatic rings. The van der Waals surface area contributed by atoms with Crippen molar-refractivity contribution in [1.82, 2.24) is 0 Å². The molecule has 19 heavy (non-hydrogen) atoms. The first-order valence-electron chi connectivity index (χ1n) is 5.94. The lowest BCUT2D eigenvalue weighted by molar-refractivity contribution is 0.0981. The third-order valence-corrected chi connectivity index (χ3v) is 5.65. The highest BCUT2D eigenvalue weighted by atomic mass is 79.9. The molecule has 5 heteroatoms. The number of rotatable bonds is 1. The number of para-hydroxylation sites is 1. The maximum absolute atomic E-state index is 12.7. The van der Waals surface area contributed by atoms with Gasteiger partial charge < -0.3 is 4.90 Å². The van der Waals surface area contributed by atoms with E-state index in [1.807, 2.05) is 29.2 Å². The monoisotopic (exact) mass is 399 g/mol. The molecule has 0 saturated carbocycles. The normalized spacial score (nSPS) is 17.6. The zero-order chi connectivity index (χ0) is 13.6. The van der Waals surface area contributed by atoms with Gasteiger partial charge >= 0.3 is 0 Å². The van der Waals surface area contributed by atoms with Crippen molar-refractivity contribution in [3.63, 3.8) is 0 Å². The molecule has 0 spiro atoms. The van der Waals surface area contributed by atoms with Gasteiger partial charge in [-0.3, -0.25) is 4.79 Å². The van der Waals surface area contributed by atoms with E-state index < -0.39 is 0 Å². The van der Waals surface area contributed by atoms with Crippen molar-refractivity contribution in [1.29, 1.82) is 0 Å². The van der Waals surface area contributed by atoms with Crippen molar-refractivity contribution >= 4 is 54.8 Å². The summed E-state index contributed by atoms with van der Waals surface area (Å²) < 4.78 is 1.84. The number of halogens is 2. The Morgan fingerprint density at radius 2 is 2.11 bits per heavy atom. The highest BCUT2D eigenvalue weighted by Gasteiger charge is 2.32. The standard InChI is InChI=1S/C14H11Br2NOS/c1-8-6-9-4-2-3-5-11(9)17(8)14(18)10-7-12(15)19-13(10)16/h2-5,7-8H,6H2,1H3. The molecule has 98 valence electrons. The SMILES string of the molecule is CC1Cc2ccccc2N1C(=O)c1cc(Br)sc1Br. The summed E-state index contributed by atoms with van der Waals surface area (Å²) in [6.07, 6.45) is 0.921. The lowest BCUT2D eigenvalue weighted by Gasteiger charge is -2.22. The van der Waals surface area contributed by atoms with Gasteiger partial charge in [-0.1, -0.05) is 18.2 Å². The van der Waals surface area contributed by atoms with Gasteiger partial charge in [0.05, 0.1) is 13.1 Å². The molecule has 1 aliphatic rings. The highest BCUT2D eigenvalue weighted by Crippen LogP contribution is 2.37. The molecular formula is C14H11Br2NOS. The lowest BCUT2D eigenvalue weighted by Crippen LogP contribution is -2.35. The number of amides is 1. The summed E-state index contributed by atoms with van der Waals surface area (Å²) in [6, 6.07) is 10.2. The second-order valence-electron chi connectivity index (χ2n) is 4.59.